The number of aromatic amines is 1. The van der Waals surface area contributed by atoms with E-state index in [0.717, 1.165) is 27.6 Å². The monoisotopic (exact) mass is 354 g/mol. The average Bonchev–Trinajstić information content (AvgIpc) is 3.24. The first-order valence-corrected chi connectivity index (χ1v) is 8.95. The van der Waals surface area contributed by atoms with Crippen molar-refractivity contribution in [3.8, 4) is 10.6 Å². The normalized spacial score (nSPS) is 17.4. The van der Waals surface area contributed by atoms with Crippen LogP contribution >= 0.6 is 11.3 Å². The maximum Gasteiger partial charge on any atom is 0.327 e. The number of carboxylic acids is 1. The lowest BCUT2D eigenvalue weighted by molar-refractivity contribution is -0.144. The lowest BCUT2D eigenvalue weighted by atomic mass is 10.0. The lowest BCUT2D eigenvalue weighted by Crippen LogP contribution is -2.39. The third kappa shape index (κ3) is 2.96. The molecule has 0 saturated carbocycles. The Kier molecular flexibility index (Phi) is 4.10. The molecular formula is C18H18N4O2S. The summed E-state index contributed by atoms with van der Waals surface area (Å²) >= 11 is 1.62. The molecule has 1 aliphatic rings. The van der Waals surface area contributed by atoms with Crippen LogP contribution in [0.1, 0.15) is 27.9 Å². The van der Waals surface area contributed by atoms with Crippen molar-refractivity contribution in [2.24, 2.45) is 0 Å². The quantitative estimate of drug-likeness (QED) is 0.753. The molecule has 1 aliphatic heterocycles. The third-order valence-electron chi connectivity index (χ3n) is 4.55. The van der Waals surface area contributed by atoms with Gasteiger partial charge in [-0.15, -0.1) is 11.3 Å². The summed E-state index contributed by atoms with van der Waals surface area (Å²) in [6.45, 7) is 3.32. The van der Waals surface area contributed by atoms with Crippen LogP contribution in [0.3, 0.4) is 0 Å². The minimum absolute atomic E-state index is 0.562. The fourth-order valence-corrected chi connectivity index (χ4v) is 4.32. The highest BCUT2D eigenvalue weighted by Gasteiger charge is 2.35. The minimum atomic E-state index is -0.864. The van der Waals surface area contributed by atoms with E-state index in [-0.39, 0.29) is 0 Å². The molecule has 7 heteroatoms. The Hall–Kier alpha value is -2.51. The molecule has 0 aliphatic carbocycles. The van der Waals surface area contributed by atoms with E-state index in [4.69, 9.17) is 0 Å². The predicted octanol–water partition coefficient (Wildman–Crippen LogP) is 3.03. The molecule has 0 saturated heterocycles. The van der Waals surface area contributed by atoms with E-state index >= 15 is 0 Å². The van der Waals surface area contributed by atoms with Crippen LogP contribution in [0.15, 0.2) is 36.8 Å². The van der Waals surface area contributed by atoms with E-state index in [9.17, 15) is 9.90 Å². The first kappa shape index (κ1) is 16.0. The van der Waals surface area contributed by atoms with Crippen LogP contribution < -0.4 is 0 Å². The molecule has 2 N–H and O–H groups in total. The summed E-state index contributed by atoms with van der Waals surface area (Å²) in [5, 5.41) is 10.6. The SMILES string of the molecule is Cc1ccccc1-c1ncc(CN2CCc3[nH]cnc3[C@@H]2C(=O)O)s1. The van der Waals surface area contributed by atoms with Crippen LogP contribution in [0, 0.1) is 6.92 Å². The second-order valence-electron chi connectivity index (χ2n) is 6.17. The molecule has 3 heterocycles. The summed E-state index contributed by atoms with van der Waals surface area (Å²) in [4.78, 5) is 26.6. The molecule has 0 amide bonds. The molecule has 0 bridgehead atoms. The van der Waals surface area contributed by atoms with Crippen molar-refractivity contribution in [3.05, 3.63) is 58.6 Å². The summed E-state index contributed by atoms with van der Waals surface area (Å²) in [6.07, 6.45) is 4.21. The van der Waals surface area contributed by atoms with Gasteiger partial charge in [-0.1, -0.05) is 24.3 Å². The van der Waals surface area contributed by atoms with Crippen LogP contribution in [0.2, 0.25) is 0 Å². The van der Waals surface area contributed by atoms with E-state index in [1.807, 2.05) is 23.2 Å². The molecule has 6 nitrogen and oxygen atoms in total. The van der Waals surface area contributed by atoms with Gasteiger partial charge in [0.2, 0.25) is 0 Å². The van der Waals surface area contributed by atoms with Crippen molar-refractivity contribution in [3.63, 3.8) is 0 Å². The Labute approximate surface area is 149 Å². The van der Waals surface area contributed by atoms with E-state index in [1.165, 1.54) is 5.56 Å². The molecule has 1 atom stereocenters. The van der Waals surface area contributed by atoms with E-state index < -0.39 is 12.0 Å². The zero-order valence-corrected chi connectivity index (χ0v) is 14.6. The van der Waals surface area contributed by atoms with Gasteiger partial charge in [0, 0.05) is 41.8 Å². The number of fused-ring (bicyclic) bond motifs is 1. The molecule has 3 aromatic rings. The summed E-state index contributed by atoms with van der Waals surface area (Å²) in [5.74, 6) is -0.864. The van der Waals surface area contributed by atoms with Gasteiger partial charge in [0.15, 0.2) is 6.04 Å². The number of rotatable bonds is 4. The molecule has 4 rings (SSSR count). The number of hydrogen-bond acceptors (Lipinski definition) is 5. The number of carboxylic acid groups (broad SMARTS) is 1. The van der Waals surface area contributed by atoms with Crippen LogP contribution in [0.25, 0.3) is 10.6 Å². The Morgan fingerprint density at radius 2 is 2.24 bits per heavy atom. The van der Waals surface area contributed by atoms with Crippen LogP contribution in [0.4, 0.5) is 0 Å². The average molecular weight is 354 g/mol. The van der Waals surface area contributed by atoms with Crippen LogP contribution in [-0.2, 0) is 17.8 Å². The zero-order chi connectivity index (χ0) is 17.4. The van der Waals surface area contributed by atoms with Crippen molar-refractivity contribution in [2.75, 3.05) is 6.54 Å². The Balaban J connectivity index is 1.59. The van der Waals surface area contributed by atoms with E-state index in [2.05, 4.69) is 34.0 Å². The third-order valence-corrected chi connectivity index (χ3v) is 5.56. The Morgan fingerprint density at radius 3 is 3.04 bits per heavy atom. The van der Waals surface area contributed by atoms with E-state index in [0.29, 0.717) is 18.8 Å². The van der Waals surface area contributed by atoms with Gasteiger partial charge in [-0.05, 0) is 12.5 Å². The summed E-state index contributed by atoms with van der Waals surface area (Å²) < 4.78 is 0. The highest BCUT2D eigenvalue weighted by molar-refractivity contribution is 7.15. The van der Waals surface area contributed by atoms with Gasteiger partial charge in [0.25, 0.3) is 0 Å². The molecule has 2 aromatic heterocycles. The highest BCUT2D eigenvalue weighted by atomic mass is 32.1. The van der Waals surface area contributed by atoms with Gasteiger partial charge < -0.3 is 10.1 Å². The molecular weight excluding hydrogens is 336 g/mol. The number of carbonyl (C=O) groups is 1. The van der Waals surface area contributed by atoms with Gasteiger partial charge in [-0.25, -0.2) is 9.97 Å². The highest BCUT2D eigenvalue weighted by Crippen LogP contribution is 2.32. The fourth-order valence-electron chi connectivity index (χ4n) is 3.29. The first-order chi connectivity index (χ1) is 12.1. The summed E-state index contributed by atoms with van der Waals surface area (Å²) in [5.41, 5.74) is 3.86. The van der Waals surface area contributed by atoms with Crippen molar-refractivity contribution >= 4 is 17.3 Å². The van der Waals surface area contributed by atoms with Gasteiger partial charge in [0.1, 0.15) is 5.01 Å². The van der Waals surface area contributed by atoms with Gasteiger partial charge in [-0.3, -0.25) is 9.69 Å². The number of thiazole rings is 1. The van der Waals surface area contributed by atoms with Crippen molar-refractivity contribution < 1.29 is 9.90 Å². The van der Waals surface area contributed by atoms with Crippen molar-refractivity contribution in [2.45, 2.75) is 25.9 Å². The first-order valence-electron chi connectivity index (χ1n) is 8.13. The number of nitrogens with zero attached hydrogens (tertiary/aromatic N) is 3. The molecule has 0 radical (unpaired) electrons. The molecule has 0 fully saturated rings. The molecule has 25 heavy (non-hydrogen) atoms. The Morgan fingerprint density at radius 1 is 1.40 bits per heavy atom. The smallest absolute Gasteiger partial charge is 0.327 e. The largest absolute Gasteiger partial charge is 0.480 e. The fraction of sp³-hybridized carbons (Fsp3) is 0.278. The Bertz CT molecular complexity index is 917. The van der Waals surface area contributed by atoms with Gasteiger partial charge in [0.05, 0.1) is 12.0 Å². The van der Waals surface area contributed by atoms with Gasteiger partial charge >= 0.3 is 5.97 Å². The second kappa shape index (κ2) is 6.42. The standard InChI is InChI=1S/C18H18N4O2S/c1-11-4-2-3-5-13(11)17-19-8-12(25-17)9-22-7-6-14-15(21-10-20-14)16(22)18(23)24/h2-5,8,10,16H,6-7,9H2,1H3,(H,20,21)(H,23,24)/t16-/m1/s1. The maximum atomic E-state index is 11.8. The molecule has 0 spiro atoms. The summed E-state index contributed by atoms with van der Waals surface area (Å²) in [6, 6.07) is 7.45. The summed E-state index contributed by atoms with van der Waals surface area (Å²) in [7, 11) is 0. The number of H-pyrrole nitrogens is 1. The van der Waals surface area contributed by atoms with Crippen molar-refractivity contribution in [1.29, 1.82) is 0 Å². The predicted molar refractivity (Wildman–Crippen MR) is 95.4 cm³/mol. The second-order valence-corrected chi connectivity index (χ2v) is 7.29. The number of aryl methyl sites for hydroxylation is 1. The van der Waals surface area contributed by atoms with E-state index in [1.54, 1.807) is 17.7 Å². The maximum absolute atomic E-state index is 11.8. The number of aliphatic carboxylic acids is 1. The topological polar surface area (TPSA) is 82.1 Å². The molecule has 0 unspecified atom stereocenters. The van der Waals surface area contributed by atoms with Crippen molar-refractivity contribution in [1.82, 2.24) is 19.9 Å². The molecule has 128 valence electrons. The minimum Gasteiger partial charge on any atom is -0.480 e. The molecule has 1 aromatic carbocycles. The van der Waals surface area contributed by atoms with Crippen LogP contribution in [-0.4, -0.2) is 37.5 Å². The lowest BCUT2D eigenvalue weighted by Gasteiger charge is -2.31. The van der Waals surface area contributed by atoms with Gasteiger partial charge in [-0.2, -0.15) is 0 Å². The van der Waals surface area contributed by atoms with Crippen LogP contribution in [0.5, 0.6) is 0 Å². The number of nitrogens with one attached hydrogen (secondary N) is 1. The zero-order valence-electron chi connectivity index (χ0n) is 13.8. The number of imidazole rings is 1. The number of hydrogen-bond donors (Lipinski definition) is 2. The number of benzene rings is 1. The number of aromatic nitrogens is 3.